The van der Waals surface area contributed by atoms with E-state index in [1.54, 1.807) is 42.5 Å². The largest absolute Gasteiger partial charge is 0.468 e. The minimum absolute atomic E-state index is 0.0286. The summed E-state index contributed by atoms with van der Waals surface area (Å²) in [4.78, 5) is 25.3. The first-order valence-corrected chi connectivity index (χ1v) is 9.52. The molecule has 0 saturated heterocycles. The molecule has 0 aliphatic heterocycles. The maximum Gasteiger partial charge on any atom is 0.329 e. The van der Waals surface area contributed by atoms with Gasteiger partial charge in [-0.25, -0.2) is 15.0 Å². The van der Waals surface area contributed by atoms with E-state index < -0.39 is 18.4 Å². The number of esters is 1. The van der Waals surface area contributed by atoms with E-state index in [2.05, 4.69) is 15.0 Å². The van der Waals surface area contributed by atoms with Crippen LogP contribution in [-0.2, 0) is 9.53 Å². The van der Waals surface area contributed by atoms with Gasteiger partial charge < -0.3 is 4.74 Å². The highest BCUT2D eigenvalue weighted by molar-refractivity contribution is 7.99. The van der Waals surface area contributed by atoms with Gasteiger partial charge in [0.25, 0.3) is 0 Å². The van der Waals surface area contributed by atoms with Crippen molar-refractivity contribution in [3.63, 3.8) is 0 Å². The number of hydrogen-bond acceptors (Lipinski definition) is 7. The Morgan fingerprint density at radius 3 is 2.33 bits per heavy atom. The fourth-order valence-corrected chi connectivity index (χ4v) is 3.98. The van der Waals surface area contributed by atoms with Gasteiger partial charge in [-0.3, -0.25) is 9.36 Å². The Morgan fingerprint density at radius 1 is 1.07 bits per heavy atom. The molecule has 1 atom stereocenters. The number of halogens is 2. The van der Waals surface area contributed by atoms with Gasteiger partial charge >= 0.3 is 12.5 Å². The molecule has 2 aromatic carbocycles. The molecule has 0 bridgehead atoms. The second-order valence-corrected chi connectivity index (χ2v) is 7.08. The van der Waals surface area contributed by atoms with Gasteiger partial charge in [0.05, 0.1) is 35.2 Å². The molecule has 2 aromatic heterocycles. The fraction of sp³-hybridized carbons (Fsp3) is 0.150. The number of nitrogens with zero attached hydrogens (tertiary/aromatic N) is 5. The number of nitriles is 1. The predicted molar refractivity (Wildman–Crippen MR) is 105 cm³/mol. The second kappa shape index (κ2) is 8.04. The molecule has 4 rings (SSSR count). The molecule has 7 nitrogen and oxygen atoms in total. The van der Waals surface area contributed by atoms with Crippen LogP contribution in [0.5, 0.6) is 0 Å². The first kappa shape index (κ1) is 19.7. The monoisotopic (exact) mass is 425 g/mol. The van der Waals surface area contributed by atoms with Gasteiger partial charge in [0.15, 0.2) is 11.1 Å². The van der Waals surface area contributed by atoms with Crippen molar-refractivity contribution in [2.45, 2.75) is 22.6 Å². The van der Waals surface area contributed by atoms with Crippen molar-refractivity contribution >= 4 is 39.8 Å². The molecule has 0 saturated carbocycles. The fourth-order valence-electron chi connectivity index (χ4n) is 2.97. The summed E-state index contributed by atoms with van der Waals surface area (Å²) >= 11 is 0.821. The maximum atomic E-state index is 13.8. The number of alkyl halides is 2. The standard InChI is InChI=1S/C20H13F2N5O2S/c1-29-18(28)11(10-23)16-17(25-13-7-3-2-6-12(13)24-16)30-20-26-14-8-4-5-9-15(14)27(20)19(21)22/h2-9,11,19H,1H3. The molecular formula is C20H13F2N5O2S. The van der Waals surface area contributed by atoms with Gasteiger partial charge in [-0.2, -0.15) is 14.0 Å². The lowest BCUT2D eigenvalue weighted by Crippen LogP contribution is -2.16. The van der Waals surface area contributed by atoms with Crippen LogP contribution in [0.15, 0.2) is 58.7 Å². The molecular weight excluding hydrogens is 412 g/mol. The van der Waals surface area contributed by atoms with Crippen LogP contribution < -0.4 is 0 Å². The number of fused-ring (bicyclic) bond motifs is 2. The number of aromatic nitrogens is 4. The van der Waals surface area contributed by atoms with Crippen LogP contribution in [0.3, 0.4) is 0 Å². The zero-order valence-electron chi connectivity index (χ0n) is 15.5. The first-order valence-electron chi connectivity index (χ1n) is 8.70. The Labute approximate surface area is 173 Å². The lowest BCUT2D eigenvalue weighted by Gasteiger charge is -2.13. The number of rotatable bonds is 5. The summed E-state index contributed by atoms with van der Waals surface area (Å²) in [5, 5.41) is 9.63. The third kappa shape index (κ3) is 3.44. The van der Waals surface area contributed by atoms with Crippen LogP contribution in [-0.4, -0.2) is 32.6 Å². The third-order valence-electron chi connectivity index (χ3n) is 4.35. The molecule has 0 amide bonds. The van der Waals surface area contributed by atoms with Crippen molar-refractivity contribution < 1.29 is 18.3 Å². The smallest absolute Gasteiger partial charge is 0.329 e. The molecule has 0 aliphatic carbocycles. The maximum absolute atomic E-state index is 13.8. The Morgan fingerprint density at radius 2 is 1.70 bits per heavy atom. The van der Waals surface area contributed by atoms with Gasteiger partial charge in [0, 0.05) is 0 Å². The Bertz CT molecular complexity index is 1300. The topological polar surface area (TPSA) is 93.7 Å². The third-order valence-corrected chi connectivity index (χ3v) is 5.31. The van der Waals surface area contributed by atoms with Crippen LogP contribution in [0.25, 0.3) is 22.1 Å². The van der Waals surface area contributed by atoms with Crippen molar-refractivity contribution in [2.24, 2.45) is 0 Å². The molecule has 2 heterocycles. The summed E-state index contributed by atoms with van der Waals surface area (Å²) in [5.41, 5.74) is 1.63. The van der Waals surface area contributed by atoms with Crippen LogP contribution in [0, 0.1) is 11.3 Å². The van der Waals surface area contributed by atoms with Crippen LogP contribution >= 0.6 is 11.8 Å². The highest BCUT2D eigenvalue weighted by Crippen LogP contribution is 2.36. The van der Waals surface area contributed by atoms with E-state index in [4.69, 9.17) is 4.74 Å². The SMILES string of the molecule is COC(=O)C(C#N)c1nc2ccccc2nc1Sc1nc2ccccc2n1C(F)F. The Balaban J connectivity index is 1.91. The molecule has 0 aliphatic rings. The molecule has 10 heteroatoms. The minimum Gasteiger partial charge on any atom is -0.468 e. The first-order chi connectivity index (χ1) is 14.5. The van der Waals surface area contributed by atoms with E-state index in [0.717, 1.165) is 23.4 Å². The van der Waals surface area contributed by atoms with Crippen LogP contribution in [0.2, 0.25) is 0 Å². The zero-order valence-corrected chi connectivity index (χ0v) is 16.3. The molecule has 0 spiro atoms. The van der Waals surface area contributed by atoms with E-state index in [9.17, 15) is 18.8 Å². The van der Waals surface area contributed by atoms with Crippen molar-refractivity contribution in [1.82, 2.24) is 19.5 Å². The summed E-state index contributed by atoms with van der Waals surface area (Å²) < 4.78 is 33.1. The van der Waals surface area contributed by atoms with Gasteiger partial charge in [0.2, 0.25) is 0 Å². The Hall–Kier alpha value is -3.58. The van der Waals surface area contributed by atoms with Gasteiger partial charge in [-0.15, -0.1) is 0 Å². The molecule has 1 unspecified atom stereocenters. The minimum atomic E-state index is -2.84. The van der Waals surface area contributed by atoms with E-state index in [-0.39, 0.29) is 21.4 Å². The number of para-hydroxylation sites is 4. The second-order valence-electron chi connectivity index (χ2n) is 6.12. The van der Waals surface area contributed by atoms with Crippen molar-refractivity contribution in [3.8, 4) is 6.07 Å². The molecule has 0 fully saturated rings. The van der Waals surface area contributed by atoms with Gasteiger partial charge in [-0.1, -0.05) is 24.3 Å². The molecule has 4 aromatic rings. The normalized spacial score (nSPS) is 12.2. The summed E-state index contributed by atoms with van der Waals surface area (Å²) in [7, 11) is 1.16. The zero-order chi connectivity index (χ0) is 21.3. The molecule has 0 radical (unpaired) electrons. The number of hydrogen-bond donors (Lipinski definition) is 0. The average Bonchev–Trinajstić information content (AvgIpc) is 3.12. The highest BCUT2D eigenvalue weighted by Gasteiger charge is 2.29. The van der Waals surface area contributed by atoms with Crippen molar-refractivity contribution in [2.75, 3.05) is 7.11 Å². The lowest BCUT2D eigenvalue weighted by atomic mass is 10.1. The number of carbonyl (C=O) groups excluding carboxylic acids is 1. The van der Waals surface area contributed by atoms with Crippen molar-refractivity contribution in [1.29, 1.82) is 5.26 Å². The molecule has 150 valence electrons. The van der Waals surface area contributed by atoms with E-state index in [1.807, 2.05) is 6.07 Å². The number of imidazole rings is 1. The summed E-state index contributed by atoms with van der Waals surface area (Å²) in [5.74, 6) is -2.18. The Kier molecular flexibility index (Phi) is 5.29. The van der Waals surface area contributed by atoms with Gasteiger partial charge in [0.1, 0.15) is 10.7 Å². The van der Waals surface area contributed by atoms with E-state index in [1.165, 1.54) is 6.07 Å². The summed E-state index contributed by atoms with van der Waals surface area (Å²) in [6.45, 7) is -2.84. The number of methoxy groups -OCH3 is 1. The van der Waals surface area contributed by atoms with Crippen LogP contribution in [0.1, 0.15) is 18.2 Å². The highest BCUT2D eigenvalue weighted by atomic mass is 32.2. The summed E-state index contributed by atoms with van der Waals surface area (Å²) in [6, 6.07) is 15.2. The lowest BCUT2D eigenvalue weighted by molar-refractivity contribution is -0.141. The van der Waals surface area contributed by atoms with Crippen molar-refractivity contribution in [3.05, 3.63) is 54.2 Å². The number of carbonyl (C=O) groups is 1. The number of benzene rings is 2. The molecule has 0 N–H and O–H groups in total. The average molecular weight is 425 g/mol. The molecule has 30 heavy (non-hydrogen) atoms. The summed E-state index contributed by atoms with van der Waals surface area (Å²) in [6.07, 6.45) is 0. The van der Waals surface area contributed by atoms with E-state index >= 15 is 0 Å². The van der Waals surface area contributed by atoms with Gasteiger partial charge in [-0.05, 0) is 36.0 Å². The quantitative estimate of drug-likeness (QED) is 0.440. The number of ether oxygens (including phenoxy) is 1. The van der Waals surface area contributed by atoms with E-state index in [0.29, 0.717) is 16.6 Å². The van der Waals surface area contributed by atoms with Crippen LogP contribution in [0.4, 0.5) is 8.78 Å². The predicted octanol–water partition coefficient (Wildman–Crippen LogP) is 4.31.